The molecule has 0 saturated heterocycles. The average Bonchev–Trinajstić information content (AvgIpc) is 2.98. The number of esters is 1. The molecule has 7 heteroatoms. The van der Waals surface area contributed by atoms with Gasteiger partial charge in [0.1, 0.15) is 5.58 Å². The number of rotatable bonds is 5. The molecule has 6 nitrogen and oxygen atoms in total. The molecule has 1 N–H and O–H groups in total. The first-order valence-electron chi connectivity index (χ1n) is 8.57. The van der Waals surface area contributed by atoms with Crippen LogP contribution in [0, 0.1) is 6.92 Å². The van der Waals surface area contributed by atoms with Gasteiger partial charge < -0.3 is 14.5 Å². The number of Topliss-reactive ketones (excluding diaryl/α,β-unsaturated/α-hetero) is 1. The van der Waals surface area contributed by atoms with Crippen molar-refractivity contribution in [3.05, 3.63) is 63.8 Å². The lowest BCUT2D eigenvalue weighted by atomic mass is 10.1. The standard InChI is InChI=1S/C21H18BrNO5/c1-11-17-10-15(22)7-8-18(17)28-19(11)21(26)27-13(3)20(25)23-16-6-4-5-14(9-16)12(2)24/h4-10,13H,1-3H3,(H,23,25)/t13-/m0/s1. The molecule has 1 atom stereocenters. The van der Waals surface area contributed by atoms with E-state index in [4.69, 9.17) is 9.15 Å². The number of ether oxygens (including phenoxy) is 1. The lowest BCUT2D eigenvalue weighted by molar-refractivity contribution is -0.123. The molecule has 3 rings (SSSR count). The normalized spacial score (nSPS) is 11.9. The minimum Gasteiger partial charge on any atom is -0.449 e. The third kappa shape index (κ3) is 4.14. The number of halogens is 1. The molecule has 3 aromatic rings. The molecule has 0 fully saturated rings. The Morgan fingerprint density at radius 3 is 2.61 bits per heavy atom. The van der Waals surface area contributed by atoms with E-state index in [0.717, 1.165) is 9.86 Å². The van der Waals surface area contributed by atoms with Crippen molar-refractivity contribution in [3.8, 4) is 0 Å². The number of aryl methyl sites for hydroxylation is 1. The van der Waals surface area contributed by atoms with Crippen LogP contribution in [0.3, 0.4) is 0 Å². The zero-order chi connectivity index (χ0) is 20.4. The van der Waals surface area contributed by atoms with Gasteiger partial charge in [-0.1, -0.05) is 28.1 Å². The quantitative estimate of drug-likeness (QED) is 0.448. The summed E-state index contributed by atoms with van der Waals surface area (Å²) in [5.74, 6) is -1.27. The van der Waals surface area contributed by atoms with Gasteiger partial charge in [-0.05, 0) is 51.1 Å². The number of fused-ring (bicyclic) bond motifs is 1. The summed E-state index contributed by atoms with van der Waals surface area (Å²) < 4.78 is 11.7. The molecule has 28 heavy (non-hydrogen) atoms. The first-order chi connectivity index (χ1) is 13.3. The van der Waals surface area contributed by atoms with Crippen LogP contribution in [0.5, 0.6) is 0 Å². The Labute approximate surface area is 170 Å². The van der Waals surface area contributed by atoms with Crippen molar-refractivity contribution in [1.29, 1.82) is 0 Å². The summed E-state index contributed by atoms with van der Waals surface area (Å²) in [7, 11) is 0. The molecule has 0 unspecified atom stereocenters. The van der Waals surface area contributed by atoms with E-state index >= 15 is 0 Å². The van der Waals surface area contributed by atoms with Gasteiger partial charge in [0.15, 0.2) is 11.9 Å². The number of benzene rings is 2. The molecule has 1 aromatic heterocycles. The molecule has 144 valence electrons. The maximum Gasteiger partial charge on any atom is 0.375 e. The molecule has 0 bridgehead atoms. The Morgan fingerprint density at radius 1 is 1.14 bits per heavy atom. The minimum atomic E-state index is -1.05. The van der Waals surface area contributed by atoms with E-state index in [1.54, 1.807) is 37.3 Å². The lowest BCUT2D eigenvalue weighted by Gasteiger charge is -2.13. The summed E-state index contributed by atoms with van der Waals surface area (Å²) in [5.41, 5.74) is 2.13. The predicted octanol–water partition coefficient (Wildman–Crippen LogP) is 4.89. The maximum atomic E-state index is 12.5. The highest BCUT2D eigenvalue weighted by molar-refractivity contribution is 9.10. The number of hydrogen-bond acceptors (Lipinski definition) is 5. The Morgan fingerprint density at radius 2 is 1.89 bits per heavy atom. The molecule has 0 spiro atoms. The van der Waals surface area contributed by atoms with Gasteiger partial charge >= 0.3 is 5.97 Å². The van der Waals surface area contributed by atoms with E-state index in [2.05, 4.69) is 21.2 Å². The zero-order valence-electron chi connectivity index (χ0n) is 15.5. The van der Waals surface area contributed by atoms with Crippen molar-refractivity contribution in [3.63, 3.8) is 0 Å². The van der Waals surface area contributed by atoms with Crippen LogP contribution >= 0.6 is 15.9 Å². The first-order valence-corrected chi connectivity index (χ1v) is 9.37. The number of carbonyl (C=O) groups is 3. The highest BCUT2D eigenvalue weighted by Crippen LogP contribution is 2.28. The lowest BCUT2D eigenvalue weighted by Crippen LogP contribution is -2.30. The Bertz CT molecular complexity index is 1090. The fourth-order valence-corrected chi connectivity index (χ4v) is 3.08. The van der Waals surface area contributed by atoms with Gasteiger partial charge in [0.2, 0.25) is 5.76 Å². The van der Waals surface area contributed by atoms with E-state index in [1.807, 2.05) is 12.1 Å². The second-order valence-electron chi connectivity index (χ2n) is 6.37. The van der Waals surface area contributed by atoms with Crippen LogP contribution in [0.25, 0.3) is 11.0 Å². The highest BCUT2D eigenvalue weighted by Gasteiger charge is 2.24. The van der Waals surface area contributed by atoms with E-state index in [0.29, 0.717) is 22.4 Å². The van der Waals surface area contributed by atoms with Crippen LogP contribution in [0.4, 0.5) is 5.69 Å². The van der Waals surface area contributed by atoms with Gasteiger partial charge in [-0.2, -0.15) is 0 Å². The largest absolute Gasteiger partial charge is 0.449 e. The van der Waals surface area contributed by atoms with Gasteiger partial charge in [-0.25, -0.2) is 4.79 Å². The summed E-state index contributed by atoms with van der Waals surface area (Å²) in [6.07, 6.45) is -1.05. The van der Waals surface area contributed by atoms with Gasteiger partial charge in [0, 0.05) is 26.7 Å². The van der Waals surface area contributed by atoms with Gasteiger partial charge in [0.25, 0.3) is 5.91 Å². The number of amides is 1. The summed E-state index contributed by atoms with van der Waals surface area (Å²) in [4.78, 5) is 36.3. The van der Waals surface area contributed by atoms with E-state index in [1.165, 1.54) is 13.8 Å². The summed E-state index contributed by atoms with van der Waals surface area (Å²) in [6.45, 7) is 4.67. The number of hydrogen-bond donors (Lipinski definition) is 1. The summed E-state index contributed by atoms with van der Waals surface area (Å²) in [5, 5.41) is 3.43. The SMILES string of the molecule is CC(=O)c1cccc(NC(=O)[C@H](C)OC(=O)c2oc3ccc(Br)cc3c2C)c1. The molecule has 0 aliphatic heterocycles. The van der Waals surface area contributed by atoms with E-state index in [9.17, 15) is 14.4 Å². The van der Waals surface area contributed by atoms with Crippen molar-refractivity contribution in [2.24, 2.45) is 0 Å². The number of nitrogens with one attached hydrogen (secondary N) is 1. The summed E-state index contributed by atoms with van der Waals surface area (Å²) in [6, 6.07) is 12.0. The van der Waals surface area contributed by atoms with Gasteiger partial charge in [0.05, 0.1) is 0 Å². The van der Waals surface area contributed by atoms with E-state index in [-0.39, 0.29) is 11.5 Å². The van der Waals surface area contributed by atoms with Crippen LogP contribution in [0.15, 0.2) is 51.4 Å². The van der Waals surface area contributed by atoms with Crippen LogP contribution in [-0.4, -0.2) is 23.8 Å². The molecule has 0 aliphatic rings. The monoisotopic (exact) mass is 443 g/mol. The third-order valence-corrected chi connectivity index (χ3v) is 4.77. The molecule has 0 radical (unpaired) electrons. The number of anilines is 1. The molecular formula is C21H18BrNO5. The zero-order valence-corrected chi connectivity index (χ0v) is 17.1. The fraction of sp³-hybridized carbons (Fsp3) is 0.190. The maximum absolute atomic E-state index is 12.5. The van der Waals surface area contributed by atoms with Crippen molar-refractivity contribution in [1.82, 2.24) is 0 Å². The van der Waals surface area contributed by atoms with Crippen LogP contribution in [0.2, 0.25) is 0 Å². The molecule has 1 heterocycles. The van der Waals surface area contributed by atoms with Gasteiger partial charge in [-0.3, -0.25) is 9.59 Å². The van der Waals surface area contributed by atoms with Crippen molar-refractivity contribution < 1.29 is 23.5 Å². The van der Waals surface area contributed by atoms with Crippen LogP contribution < -0.4 is 5.32 Å². The highest BCUT2D eigenvalue weighted by atomic mass is 79.9. The van der Waals surface area contributed by atoms with Crippen LogP contribution in [-0.2, 0) is 9.53 Å². The van der Waals surface area contributed by atoms with Crippen molar-refractivity contribution >= 4 is 50.2 Å². The minimum absolute atomic E-state index is 0.0614. The molecular weight excluding hydrogens is 426 g/mol. The molecule has 2 aromatic carbocycles. The average molecular weight is 444 g/mol. The van der Waals surface area contributed by atoms with E-state index < -0.39 is 18.0 Å². The van der Waals surface area contributed by atoms with Gasteiger partial charge in [-0.15, -0.1) is 0 Å². The third-order valence-electron chi connectivity index (χ3n) is 4.27. The predicted molar refractivity (Wildman–Crippen MR) is 109 cm³/mol. The summed E-state index contributed by atoms with van der Waals surface area (Å²) >= 11 is 3.39. The Kier molecular flexibility index (Phi) is 5.65. The second-order valence-corrected chi connectivity index (χ2v) is 7.29. The van der Waals surface area contributed by atoms with Crippen molar-refractivity contribution in [2.75, 3.05) is 5.32 Å². The number of carbonyl (C=O) groups excluding carboxylic acids is 3. The number of furan rings is 1. The number of ketones is 1. The van der Waals surface area contributed by atoms with Crippen molar-refractivity contribution in [2.45, 2.75) is 26.9 Å². The second kappa shape index (κ2) is 7.98. The van der Waals surface area contributed by atoms with Crippen LogP contribution in [0.1, 0.15) is 40.3 Å². The smallest absolute Gasteiger partial charge is 0.375 e. The fourth-order valence-electron chi connectivity index (χ4n) is 2.72. The molecule has 0 saturated carbocycles. The topological polar surface area (TPSA) is 85.6 Å². The molecule has 1 amide bonds. The molecule has 0 aliphatic carbocycles. The Balaban J connectivity index is 1.72. The Hall–Kier alpha value is -2.93. The first kappa shape index (κ1) is 19.8.